The third-order valence-electron chi connectivity index (χ3n) is 4.73. The van der Waals surface area contributed by atoms with Crippen LogP contribution in [0.25, 0.3) is 0 Å². The molecule has 3 rings (SSSR count). The first kappa shape index (κ1) is 21.6. The maximum absolute atomic E-state index is 6.10. The number of anilines is 1. The lowest BCUT2D eigenvalue weighted by Gasteiger charge is -2.20. The fourth-order valence-electron chi connectivity index (χ4n) is 3.09. The molecule has 0 spiro atoms. The molecule has 1 atom stereocenters. The van der Waals surface area contributed by atoms with Gasteiger partial charge >= 0.3 is 0 Å². The first-order valence-corrected chi connectivity index (χ1v) is 9.68. The van der Waals surface area contributed by atoms with E-state index in [0.29, 0.717) is 6.04 Å². The van der Waals surface area contributed by atoms with Crippen LogP contribution in [0, 0.1) is 5.92 Å². The first-order chi connectivity index (χ1) is 12.2. The predicted molar refractivity (Wildman–Crippen MR) is 120 cm³/mol. The summed E-state index contributed by atoms with van der Waals surface area (Å²) in [4.78, 5) is 6.70. The monoisotopic (exact) mass is 492 g/mol. The predicted octanol–water partition coefficient (Wildman–Crippen LogP) is 3.52. The minimum absolute atomic E-state index is 0. The van der Waals surface area contributed by atoms with Gasteiger partial charge in [0.2, 0.25) is 0 Å². The van der Waals surface area contributed by atoms with Gasteiger partial charge in [-0.2, -0.15) is 0 Å². The Kier molecular flexibility index (Phi) is 9.28. The van der Waals surface area contributed by atoms with Crippen molar-refractivity contribution in [2.45, 2.75) is 31.7 Å². The number of guanidine groups is 1. The molecule has 146 valence electrons. The van der Waals surface area contributed by atoms with Crippen LogP contribution in [-0.4, -0.2) is 51.9 Å². The Morgan fingerprint density at radius 1 is 1.35 bits per heavy atom. The van der Waals surface area contributed by atoms with Gasteiger partial charge in [-0.25, -0.2) is 0 Å². The fourth-order valence-corrected chi connectivity index (χ4v) is 3.27. The zero-order chi connectivity index (χ0) is 17.5. The zero-order valence-electron chi connectivity index (χ0n) is 15.4. The molecular weight excluding hydrogens is 463 g/mol. The summed E-state index contributed by atoms with van der Waals surface area (Å²) in [6.07, 6.45) is 4.80. The summed E-state index contributed by atoms with van der Waals surface area (Å²) in [6.45, 7) is 4.64. The maximum atomic E-state index is 6.10. The van der Waals surface area contributed by atoms with Crippen molar-refractivity contribution in [3.05, 3.63) is 29.3 Å². The number of rotatable bonds is 8. The van der Waals surface area contributed by atoms with E-state index in [4.69, 9.17) is 16.3 Å². The molecule has 0 radical (unpaired) electrons. The molecule has 0 aromatic heterocycles. The van der Waals surface area contributed by atoms with Crippen LogP contribution >= 0.6 is 35.6 Å². The van der Waals surface area contributed by atoms with Crippen molar-refractivity contribution >= 4 is 47.2 Å². The second kappa shape index (κ2) is 11.2. The van der Waals surface area contributed by atoms with Gasteiger partial charge < -0.3 is 20.3 Å². The van der Waals surface area contributed by atoms with E-state index in [1.165, 1.54) is 18.5 Å². The second-order valence-corrected chi connectivity index (χ2v) is 7.36. The number of hydrogen-bond donors (Lipinski definition) is 2. The lowest BCUT2D eigenvalue weighted by molar-refractivity contribution is 0.123. The molecule has 1 saturated heterocycles. The summed E-state index contributed by atoms with van der Waals surface area (Å²) < 4.78 is 5.66. The van der Waals surface area contributed by atoms with E-state index in [1.54, 1.807) is 0 Å². The molecule has 2 fully saturated rings. The Balaban J connectivity index is 0.00000243. The van der Waals surface area contributed by atoms with Gasteiger partial charge in [0.05, 0.1) is 0 Å². The van der Waals surface area contributed by atoms with Crippen molar-refractivity contribution in [2.75, 3.05) is 44.8 Å². The minimum atomic E-state index is 0. The van der Waals surface area contributed by atoms with Crippen LogP contribution < -0.4 is 15.5 Å². The van der Waals surface area contributed by atoms with Crippen LogP contribution in [0.5, 0.6) is 0 Å². The summed E-state index contributed by atoms with van der Waals surface area (Å²) in [5, 5.41) is 7.69. The quantitative estimate of drug-likeness (QED) is 0.252. The highest BCUT2D eigenvalue weighted by molar-refractivity contribution is 14.0. The van der Waals surface area contributed by atoms with Gasteiger partial charge in [0.1, 0.15) is 0 Å². The summed E-state index contributed by atoms with van der Waals surface area (Å²) in [6, 6.07) is 8.46. The van der Waals surface area contributed by atoms with Gasteiger partial charge in [-0.15, -0.1) is 24.0 Å². The van der Waals surface area contributed by atoms with Gasteiger partial charge in [-0.1, -0.05) is 17.7 Å². The molecular formula is C19H30ClIN4O. The topological polar surface area (TPSA) is 48.9 Å². The Morgan fingerprint density at radius 3 is 2.92 bits per heavy atom. The fraction of sp³-hybridized carbons (Fsp3) is 0.632. The van der Waals surface area contributed by atoms with E-state index in [9.17, 15) is 0 Å². The SMILES string of the molecule is CN=C(NCCCOCC1CC1)NC1CCN(c2cccc(Cl)c2)C1.I. The largest absolute Gasteiger partial charge is 0.381 e. The lowest BCUT2D eigenvalue weighted by atomic mass is 10.2. The number of halogens is 2. The third-order valence-corrected chi connectivity index (χ3v) is 4.97. The average Bonchev–Trinajstić information content (AvgIpc) is 3.33. The third kappa shape index (κ3) is 7.12. The van der Waals surface area contributed by atoms with E-state index < -0.39 is 0 Å². The van der Waals surface area contributed by atoms with Gasteiger partial charge in [0, 0.05) is 56.6 Å². The molecule has 1 aliphatic carbocycles. The standard InChI is InChI=1S/C19H29ClN4O.HI/c1-21-19(22-9-3-11-25-14-15-6-7-15)23-17-8-10-24(13-17)18-5-2-4-16(20)12-18;/h2,4-5,12,15,17H,3,6-11,13-14H2,1H3,(H2,21,22,23);1H. The Hall–Kier alpha value is -0.730. The van der Waals surface area contributed by atoms with Crippen LogP contribution in [0.4, 0.5) is 5.69 Å². The Labute approximate surface area is 178 Å². The van der Waals surface area contributed by atoms with E-state index in [-0.39, 0.29) is 24.0 Å². The van der Waals surface area contributed by atoms with Crippen LogP contribution in [0.15, 0.2) is 29.3 Å². The Morgan fingerprint density at radius 2 is 2.19 bits per heavy atom. The molecule has 1 heterocycles. The molecule has 1 aliphatic heterocycles. The number of benzene rings is 1. The molecule has 5 nitrogen and oxygen atoms in total. The molecule has 1 saturated carbocycles. The molecule has 7 heteroatoms. The molecule has 1 aromatic rings. The minimum Gasteiger partial charge on any atom is -0.381 e. The van der Waals surface area contributed by atoms with Crippen molar-refractivity contribution in [1.29, 1.82) is 0 Å². The molecule has 0 bridgehead atoms. The highest BCUT2D eigenvalue weighted by Crippen LogP contribution is 2.28. The van der Waals surface area contributed by atoms with E-state index in [2.05, 4.69) is 26.6 Å². The molecule has 0 amide bonds. The second-order valence-electron chi connectivity index (χ2n) is 6.93. The van der Waals surface area contributed by atoms with Crippen molar-refractivity contribution in [3.8, 4) is 0 Å². The van der Waals surface area contributed by atoms with Crippen molar-refractivity contribution in [1.82, 2.24) is 10.6 Å². The Bertz CT molecular complexity index is 582. The lowest BCUT2D eigenvalue weighted by Crippen LogP contribution is -2.45. The summed E-state index contributed by atoms with van der Waals surface area (Å²) in [7, 11) is 1.82. The number of nitrogens with one attached hydrogen (secondary N) is 2. The summed E-state index contributed by atoms with van der Waals surface area (Å²) in [5.41, 5.74) is 1.19. The van der Waals surface area contributed by atoms with E-state index >= 15 is 0 Å². The molecule has 1 unspecified atom stereocenters. The molecule has 26 heavy (non-hydrogen) atoms. The van der Waals surface area contributed by atoms with E-state index in [0.717, 1.165) is 62.6 Å². The summed E-state index contributed by atoms with van der Waals surface area (Å²) >= 11 is 6.10. The highest BCUT2D eigenvalue weighted by Gasteiger charge is 2.23. The number of nitrogens with zero attached hydrogens (tertiary/aromatic N) is 2. The van der Waals surface area contributed by atoms with Crippen LogP contribution in [0.1, 0.15) is 25.7 Å². The van der Waals surface area contributed by atoms with E-state index in [1.807, 2.05) is 25.2 Å². The van der Waals surface area contributed by atoms with Crippen molar-refractivity contribution in [2.24, 2.45) is 10.9 Å². The van der Waals surface area contributed by atoms with Crippen LogP contribution in [-0.2, 0) is 4.74 Å². The van der Waals surface area contributed by atoms with Gasteiger partial charge in [0.15, 0.2) is 5.96 Å². The number of aliphatic imine (C=N–C) groups is 1. The first-order valence-electron chi connectivity index (χ1n) is 9.30. The maximum Gasteiger partial charge on any atom is 0.191 e. The zero-order valence-corrected chi connectivity index (χ0v) is 18.5. The number of ether oxygens (including phenoxy) is 1. The normalized spacial score (nSPS) is 20.0. The smallest absolute Gasteiger partial charge is 0.191 e. The number of hydrogen-bond acceptors (Lipinski definition) is 3. The summed E-state index contributed by atoms with van der Waals surface area (Å²) in [5.74, 6) is 1.72. The van der Waals surface area contributed by atoms with Gasteiger partial charge in [-0.05, 0) is 49.8 Å². The molecule has 1 aromatic carbocycles. The highest BCUT2D eigenvalue weighted by atomic mass is 127. The molecule has 2 N–H and O–H groups in total. The van der Waals surface area contributed by atoms with Crippen LogP contribution in [0.2, 0.25) is 5.02 Å². The van der Waals surface area contributed by atoms with Gasteiger partial charge in [0.25, 0.3) is 0 Å². The average molecular weight is 493 g/mol. The molecule has 2 aliphatic rings. The van der Waals surface area contributed by atoms with Crippen LogP contribution in [0.3, 0.4) is 0 Å². The van der Waals surface area contributed by atoms with Crippen molar-refractivity contribution in [3.63, 3.8) is 0 Å². The van der Waals surface area contributed by atoms with Crippen molar-refractivity contribution < 1.29 is 4.74 Å². The van der Waals surface area contributed by atoms with Gasteiger partial charge in [-0.3, -0.25) is 4.99 Å².